The first-order chi connectivity index (χ1) is 49.2. The molecule has 0 aliphatic carbocycles. The Morgan fingerprint density at radius 2 is 0.569 bits per heavy atom. The van der Waals surface area contributed by atoms with Crippen LogP contribution in [0.25, 0.3) is 55.0 Å². The minimum Gasteiger partial charge on any atom is -0.311 e. The minimum atomic E-state index is -0.201. The molecule has 102 heavy (non-hydrogen) atoms. The lowest BCUT2D eigenvalue weighted by Gasteiger charge is -2.48. The van der Waals surface area contributed by atoms with Crippen molar-refractivity contribution in [2.75, 3.05) is 19.6 Å². The molecule has 15 aromatic rings. The maximum atomic E-state index is 2.66. The van der Waals surface area contributed by atoms with Gasteiger partial charge in [-0.25, -0.2) is 0 Å². The van der Waals surface area contributed by atoms with Crippen LogP contribution in [0.3, 0.4) is 0 Å². The summed E-state index contributed by atoms with van der Waals surface area (Å²) in [4.78, 5) is 10.4. The van der Waals surface area contributed by atoms with Gasteiger partial charge in [-0.15, -0.1) is 0 Å². The molecule has 0 saturated carbocycles. The Morgan fingerprint density at radius 3 is 1.01 bits per heavy atom. The van der Waals surface area contributed by atoms with Crippen molar-refractivity contribution in [3.05, 3.63) is 301 Å². The van der Waals surface area contributed by atoms with Gasteiger partial charge in [0.25, 0.3) is 6.71 Å². The third kappa shape index (κ3) is 9.33. The molecule has 6 heterocycles. The fourth-order valence-corrected chi connectivity index (χ4v) is 17.5. The average Bonchev–Trinajstić information content (AvgIpc) is 0.725. The van der Waals surface area contributed by atoms with Crippen molar-refractivity contribution >= 4 is 158 Å². The van der Waals surface area contributed by atoms with E-state index in [1.165, 1.54) is 110 Å². The van der Waals surface area contributed by atoms with E-state index in [4.69, 9.17) is 0 Å². The molecule has 0 spiro atoms. The van der Waals surface area contributed by atoms with Crippen molar-refractivity contribution in [2.45, 2.75) is 105 Å². The van der Waals surface area contributed by atoms with Gasteiger partial charge in [-0.1, -0.05) is 234 Å². The Kier molecular flexibility index (Phi) is 13.4. The summed E-state index contributed by atoms with van der Waals surface area (Å²) >= 11 is 0. The summed E-state index contributed by atoms with van der Waals surface area (Å²) < 4.78 is 5.14. The smallest absolute Gasteiger partial charge is 0.252 e. The van der Waals surface area contributed by atoms with Crippen LogP contribution < -0.4 is 52.4 Å². The van der Waals surface area contributed by atoms with Crippen molar-refractivity contribution in [3.63, 3.8) is 0 Å². The molecular formula is C94H82B2N6. The van der Waals surface area contributed by atoms with Crippen LogP contribution >= 0.6 is 0 Å². The summed E-state index contributed by atoms with van der Waals surface area (Å²) in [6.45, 7) is 27.6. The molecule has 19 rings (SSSR count). The van der Waals surface area contributed by atoms with Gasteiger partial charge in [-0.05, 0) is 205 Å². The maximum Gasteiger partial charge on any atom is 0.252 e. The molecule has 0 bridgehead atoms. The second-order valence-electron chi connectivity index (χ2n) is 33.0. The zero-order valence-corrected chi connectivity index (χ0v) is 60.4. The predicted molar refractivity (Wildman–Crippen MR) is 438 cm³/mol. The molecular weight excluding hydrogens is 1230 g/mol. The number of hydrogen-bond donors (Lipinski definition) is 0. The Balaban J connectivity index is 0.930. The molecule has 0 atom stereocenters. The van der Waals surface area contributed by atoms with Gasteiger partial charge in [0.2, 0.25) is 6.71 Å². The van der Waals surface area contributed by atoms with E-state index in [0.717, 1.165) is 68.2 Å². The molecule has 13 aromatic carbocycles. The Hall–Kier alpha value is -11.2. The number of rotatable bonds is 6. The van der Waals surface area contributed by atoms with Gasteiger partial charge < -0.3 is 28.7 Å². The number of benzene rings is 13. The quantitative estimate of drug-likeness (QED) is 0.155. The summed E-state index contributed by atoms with van der Waals surface area (Å²) in [5, 5.41) is 5.07. The van der Waals surface area contributed by atoms with Crippen LogP contribution in [0, 0.1) is 0 Å². The number of fused-ring (bicyclic) bond motifs is 14. The summed E-state index contributed by atoms with van der Waals surface area (Å²) in [5.41, 5.74) is 33.3. The summed E-state index contributed by atoms with van der Waals surface area (Å²) in [5.74, 6) is 0. The first kappa shape index (κ1) is 61.8. The van der Waals surface area contributed by atoms with Gasteiger partial charge in [-0.3, -0.25) is 0 Å². The van der Waals surface area contributed by atoms with Gasteiger partial charge in [0.05, 0.1) is 50.5 Å². The van der Waals surface area contributed by atoms with Crippen LogP contribution in [0.4, 0.5) is 68.2 Å². The molecule has 4 aliphatic heterocycles. The lowest BCUT2D eigenvalue weighted by molar-refractivity contribution is 0.590. The number of para-hydroxylation sites is 6. The van der Waals surface area contributed by atoms with E-state index in [1.54, 1.807) is 0 Å². The number of anilines is 12. The van der Waals surface area contributed by atoms with Gasteiger partial charge in [-0.2, -0.15) is 0 Å². The normalized spacial score (nSPS) is 14.0. The van der Waals surface area contributed by atoms with E-state index in [1.807, 2.05) is 0 Å². The first-order valence-electron chi connectivity index (χ1n) is 36.5. The van der Waals surface area contributed by atoms with Gasteiger partial charge >= 0.3 is 0 Å². The highest BCUT2D eigenvalue weighted by atomic mass is 15.3. The predicted octanol–water partition coefficient (Wildman–Crippen LogP) is 21.2. The van der Waals surface area contributed by atoms with Crippen LogP contribution in [0.1, 0.15) is 105 Å². The molecule has 0 N–H and O–H groups in total. The van der Waals surface area contributed by atoms with E-state index < -0.39 is 0 Å². The van der Waals surface area contributed by atoms with Gasteiger partial charge in [0, 0.05) is 72.7 Å². The van der Waals surface area contributed by atoms with Crippen LogP contribution in [0.2, 0.25) is 0 Å². The number of aromatic nitrogens is 2. The molecule has 0 amide bonds. The molecule has 6 nitrogen and oxygen atoms in total. The topological polar surface area (TPSA) is 22.8 Å². The fraction of sp³-hybridized carbons (Fsp3) is 0.170. The zero-order valence-electron chi connectivity index (χ0n) is 60.4. The van der Waals surface area contributed by atoms with Crippen molar-refractivity contribution in [2.24, 2.45) is 0 Å². The van der Waals surface area contributed by atoms with Crippen molar-refractivity contribution < 1.29 is 0 Å². The van der Waals surface area contributed by atoms with Crippen LogP contribution in [-0.4, -0.2) is 22.6 Å². The third-order valence-electron chi connectivity index (χ3n) is 22.6. The third-order valence-corrected chi connectivity index (χ3v) is 22.6. The molecule has 0 radical (unpaired) electrons. The molecule has 0 unspecified atom stereocenters. The Bertz CT molecular complexity index is 5450. The Labute approximate surface area is 600 Å². The highest BCUT2D eigenvalue weighted by Crippen LogP contribution is 2.57. The molecule has 4 aliphatic rings. The standard InChI is InChI=1S/C94H82B2N6/c1-91(2,3)59-41-45-77-69(49-59)70-50-60(92(4,5)6)42-46-78(70)100(77)67-53-76-90-88(56-67)98(65-33-21-15-22-34-65)82-39-27-28-40-83(82)102(90)85-58-84-75(57-74(85)95(76)63-29-17-13-18-30-63)96-73-37-25-26-38-81(73)97(64-31-19-14-20-32-64)86-54-68(55-87(89(86)96)99(84)66-35-23-16-24-36-66)101-79-47-43-61(93(7,8)9)51-71(79)72-52-62(94(10,11)12)44-48-80(72)101/h13-58H,1-12H3. The van der Waals surface area contributed by atoms with Crippen LogP contribution in [-0.2, 0) is 21.7 Å². The van der Waals surface area contributed by atoms with E-state index in [9.17, 15) is 0 Å². The van der Waals surface area contributed by atoms with Crippen LogP contribution in [0.5, 0.6) is 0 Å². The number of hydrogen-bond acceptors (Lipinski definition) is 4. The average molecular weight is 1320 g/mol. The SMILES string of the molecule is CC(C)(C)c1ccc2c(c1)c1cc(C(C)(C)C)ccc1n2-c1cc2c3c(c1)N(c1ccccc1)c1cc4c(cc1B3c1ccccc1N2c1ccccc1)B(c1ccccc1)c1cc(-n2c3ccc(C(C)(C)C)cc3c3cc(C(C)(C)C)ccc32)cc2c1N4c1ccccc1N2c1ccccc1. The van der Waals surface area contributed by atoms with Gasteiger partial charge in [0.1, 0.15) is 0 Å². The van der Waals surface area contributed by atoms with Crippen LogP contribution in [0.15, 0.2) is 279 Å². The highest BCUT2D eigenvalue weighted by Gasteiger charge is 2.48. The zero-order chi connectivity index (χ0) is 69.6. The van der Waals surface area contributed by atoms with Crippen molar-refractivity contribution in [1.82, 2.24) is 9.13 Å². The largest absolute Gasteiger partial charge is 0.311 e. The lowest BCUT2D eigenvalue weighted by atomic mass is 9.31. The van der Waals surface area contributed by atoms with E-state index in [-0.39, 0.29) is 35.1 Å². The summed E-state index contributed by atoms with van der Waals surface area (Å²) in [6.07, 6.45) is 0. The highest BCUT2D eigenvalue weighted by molar-refractivity contribution is 7.02. The number of nitrogens with zero attached hydrogens (tertiary/aromatic N) is 6. The monoisotopic (exact) mass is 1320 g/mol. The molecule has 8 heteroatoms. The lowest BCUT2D eigenvalue weighted by Crippen LogP contribution is -2.64. The molecule has 0 saturated heterocycles. The van der Waals surface area contributed by atoms with E-state index >= 15 is 0 Å². The summed E-state index contributed by atoms with van der Waals surface area (Å²) in [6, 6.07) is 107. The first-order valence-corrected chi connectivity index (χ1v) is 36.5. The second kappa shape index (κ2) is 22.1. The molecule has 0 fully saturated rings. The fourth-order valence-electron chi connectivity index (χ4n) is 17.5. The molecule has 494 valence electrons. The van der Waals surface area contributed by atoms with Crippen molar-refractivity contribution in [1.29, 1.82) is 0 Å². The van der Waals surface area contributed by atoms with Gasteiger partial charge in [0.15, 0.2) is 0 Å². The van der Waals surface area contributed by atoms with E-state index in [0.29, 0.717) is 0 Å². The minimum absolute atomic E-state index is 0.0457. The second-order valence-corrected chi connectivity index (χ2v) is 33.0. The maximum absolute atomic E-state index is 2.66. The van der Waals surface area contributed by atoms with Crippen molar-refractivity contribution in [3.8, 4) is 11.4 Å². The van der Waals surface area contributed by atoms with E-state index in [2.05, 4.69) is 391 Å². The Morgan fingerprint density at radius 1 is 0.225 bits per heavy atom. The summed E-state index contributed by atoms with van der Waals surface area (Å²) in [7, 11) is 0. The molecule has 2 aromatic heterocycles.